The number of hydrogen-bond donors (Lipinski definition) is 0. The van der Waals surface area contributed by atoms with E-state index in [9.17, 15) is 0 Å². The van der Waals surface area contributed by atoms with Gasteiger partial charge in [-0.3, -0.25) is 0 Å². The number of rotatable bonds is 3. The van der Waals surface area contributed by atoms with Crippen LogP contribution in [0.1, 0.15) is 25.0 Å². The summed E-state index contributed by atoms with van der Waals surface area (Å²) >= 11 is 0. The number of fused-ring (bicyclic) bond motifs is 3. The van der Waals surface area contributed by atoms with Crippen LogP contribution >= 0.6 is 0 Å². The molecule has 0 atom stereocenters. The second-order valence-corrected chi connectivity index (χ2v) is 8.50. The Balaban J connectivity index is 1.59. The van der Waals surface area contributed by atoms with E-state index in [1.165, 1.54) is 11.1 Å². The number of anilines is 2. The maximum Gasteiger partial charge on any atom is 0.147 e. The van der Waals surface area contributed by atoms with Gasteiger partial charge in [0, 0.05) is 18.2 Å². The third-order valence-corrected chi connectivity index (χ3v) is 6.35. The summed E-state index contributed by atoms with van der Waals surface area (Å²) in [5.74, 6) is -0.200. The van der Waals surface area contributed by atoms with E-state index in [4.69, 9.17) is 0 Å². The first-order valence-electron chi connectivity index (χ1n) is 10.3. The smallest absolute Gasteiger partial charge is 0.147 e. The molecule has 4 aromatic rings. The zero-order chi connectivity index (χ0) is 20.9. The number of halogens is 1. The fourth-order valence-corrected chi connectivity index (χ4v) is 4.63. The molecule has 0 aliphatic heterocycles. The van der Waals surface area contributed by atoms with Crippen LogP contribution in [0.5, 0.6) is 0 Å². The van der Waals surface area contributed by atoms with Crippen LogP contribution in [0, 0.1) is 5.82 Å². The number of benzene rings is 4. The fraction of sp³-hybridized carbons (Fsp3) is 0.143. The predicted molar refractivity (Wildman–Crippen MR) is 124 cm³/mol. The maximum atomic E-state index is 15.3. The van der Waals surface area contributed by atoms with Crippen LogP contribution in [0.4, 0.5) is 15.8 Å². The summed E-state index contributed by atoms with van der Waals surface area (Å²) < 4.78 is 15.3. The predicted octanol–water partition coefficient (Wildman–Crippen LogP) is 7.57. The minimum Gasteiger partial charge on any atom is -0.342 e. The Kier molecular flexibility index (Phi) is 4.25. The highest BCUT2D eigenvalue weighted by Gasteiger charge is 2.36. The second kappa shape index (κ2) is 6.84. The van der Waals surface area contributed by atoms with Gasteiger partial charge < -0.3 is 4.90 Å². The van der Waals surface area contributed by atoms with Crippen molar-refractivity contribution < 1.29 is 4.39 Å². The van der Waals surface area contributed by atoms with E-state index < -0.39 is 0 Å². The van der Waals surface area contributed by atoms with Gasteiger partial charge in [0.1, 0.15) is 5.82 Å². The second-order valence-electron chi connectivity index (χ2n) is 8.50. The zero-order valence-corrected chi connectivity index (χ0v) is 17.5. The first kappa shape index (κ1) is 18.6. The number of nitrogens with zero attached hydrogens (tertiary/aromatic N) is 1. The minimum absolute atomic E-state index is 0.152. The summed E-state index contributed by atoms with van der Waals surface area (Å²) in [6.45, 7) is 4.44. The highest BCUT2D eigenvalue weighted by Crippen LogP contribution is 2.50. The van der Waals surface area contributed by atoms with Gasteiger partial charge in [0.2, 0.25) is 0 Å². The third-order valence-electron chi connectivity index (χ3n) is 6.35. The van der Waals surface area contributed by atoms with Crippen LogP contribution in [0.2, 0.25) is 0 Å². The average molecular weight is 394 g/mol. The summed E-state index contributed by atoms with van der Waals surface area (Å²) in [5.41, 5.74) is 8.24. The van der Waals surface area contributed by atoms with Gasteiger partial charge in [-0.2, -0.15) is 0 Å². The van der Waals surface area contributed by atoms with E-state index >= 15 is 4.39 Å². The highest BCUT2D eigenvalue weighted by atomic mass is 19.1. The molecule has 0 saturated heterocycles. The van der Waals surface area contributed by atoms with Crippen molar-refractivity contribution in [2.45, 2.75) is 19.3 Å². The van der Waals surface area contributed by atoms with Crippen molar-refractivity contribution in [2.75, 3.05) is 11.9 Å². The van der Waals surface area contributed by atoms with Crippen LogP contribution in [0.15, 0.2) is 91.0 Å². The van der Waals surface area contributed by atoms with Gasteiger partial charge in [0.25, 0.3) is 0 Å². The first-order valence-corrected chi connectivity index (χ1v) is 10.3. The van der Waals surface area contributed by atoms with Gasteiger partial charge in [-0.05, 0) is 57.6 Å². The van der Waals surface area contributed by atoms with Crippen LogP contribution < -0.4 is 4.90 Å². The molecule has 0 unspecified atom stereocenters. The van der Waals surface area contributed by atoms with Crippen molar-refractivity contribution in [3.8, 4) is 22.3 Å². The van der Waals surface area contributed by atoms with Crippen molar-refractivity contribution in [1.82, 2.24) is 0 Å². The molecule has 148 valence electrons. The van der Waals surface area contributed by atoms with Gasteiger partial charge in [-0.25, -0.2) is 4.39 Å². The molecule has 0 fully saturated rings. The van der Waals surface area contributed by atoms with Crippen molar-refractivity contribution in [1.29, 1.82) is 0 Å². The molecule has 0 bridgehead atoms. The third kappa shape index (κ3) is 2.83. The van der Waals surface area contributed by atoms with Crippen LogP contribution in [-0.2, 0) is 5.41 Å². The summed E-state index contributed by atoms with van der Waals surface area (Å²) in [7, 11) is 1.93. The van der Waals surface area contributed by atoms with Gasteiger partial charge in [-0.15, -0.1) is 0 Å². The lowest BCUT2D eigenvalue weighted by molar-refractivity contribution is 0.622. The quantitative estimate of drug-likeness (QED) is 0.347. The molecule has 0 amide bonds. The fourth-order valence-electron chi connectivity index (χ4n) is 4.63. The molecule has 4 aromatic carbocycles. The zero-order valence-electron chi connectivity index (χ0n) is 17.5. The first-order chi connectivity index (χ1) is 14.5. The normalized spacial score (nSPS) is 13.6. The number of hydrogen-bond acceptors (Lipinski definition) is 1. The van der Waals surface area contributed by atoms with Gasteiger partial charge in [-0.1, -0.05) is 80.6 Å². The standard InChI is InChI=1S/C28H24FN/c1-28(2)24-15-8-7-14-22(24)23-17-26(29)27(18-25(23)28)30(3)21-13-9-12-20(16-21)19-10-5-4-6-11-19/h4-18H,1-3H3. The largest absolute Gasteiger partial charge is 0.342 e. The molecule has 30 heavy (non-hydrogen) atoms. The highest BCUT2D eigenvalue weighted by molar-refractivity contribution is 5.83. The Morgan fingerprint density at radius 1 is 0.667 bits per heavy atom. The summed E-state index contributed by atoms with van der Waals surface area (Å²) in [6, 6.07) is 30.6. The van der Waals surface area contributed by atoms with Gasteiger partial charge >= 0.3 is 0 Å². The Bertz CT molecular complexity index is 1240. The monoisotopic (exact) mass is 393 g/mol. The van der Waals surface area contributed by atoms with Crippen molar-refractivity contribution in [3.63, 3.8) is 0 Å². The van der Waals surface area contributed by atoms with Crippen molar-refractivity contribution in [2.24, 2.45) is 0 Å². The topological polar surface area (TPSA) is 3.24 Å². The molecule has 0 aromatic heterocycles. The molecule has 1 nitrogen and oxygen atoms in total. The Morgan fingerprint density at radius 2 is 1.37 bits per heavy atom. The molecule has 1 aliphatic carbocycles. The molecule has 1 aliphatic rings. The van der Waals surface area contributed by atoms with Crippen LogP contribution in [-0.4, -0.2) is 7.05 Å². The van der Waals surface area contributed by atoms with E-state index in [1.54, 1.807) is 6.07 Å². The molecule has 0 heterocycles. The summed E-state index contributed by atoms with van der Waals surface area (Å²) in [4.78, 5) is 1.95. The molecule has 0 spiro atoms. The van der Waals surface area contributed by atoms with Crippen LogP contribution in [0.25, 0.3) is 22.3 Å². The van der Waals surface area contributed by atoms with Gasteiger partial charge in [0.05, 0.1) is 5.69 Å². The van der Waals surface area contributed by atoms with E-state index in [0.717, 1.165) is 27.9 Å². The molecule has 2 heteroatoms. The molecular formula is C28H24FN. The van der Waals surface area contributed by atoms with Crippen molar-refractivity contribution in [3.05, 3.63) is 108 Å². The Morgan fingerprint density at radius 3 is 2.17 bits per heavy atom. The summed E-state index contributed by atoms with van der Waals surface area (Å²) in [6.07, 6.45) is 0. The van der Waals surface area contributed by atoms with E-state index in [1.807, 2.05) is 54.4 Å². The molecule has 0 saturated carbocycles. The van der Waals surface area contributed by atoms with E-state index in [2.05, 4.69) is 56.3 Å². The maximum absolute atomic E-state index is 15.3. The van der Waals surface area contributed by atoms with Crippen LogP contribution in [0.3, 0.4) is 0 Å². The summed E-state index contributed by atoms with van der Waals surface area (Å²) in [5, 5.41) is 0. The Labute approximate surface area is 177 Å². The lowest BCUT2D eigenvalue weighted by Gasteiger charge is -2.25. The van der Waals surface area contributed by atoms with Gasteiger partial charge in [0.15, 0.2) is 0 Å². The minimum atomic E-state index is -0.200. The molecular weight excluding hydrogens is 369 g/mol. The molecule has 5 rings (SSSR count). The van der Waals surface area contributed by atoms with E-state index in [0.29, 0.717) is 5.69 Å². The molecule has 0 radical (unpaired) electrons. The Hall–Kier alpha value is -3.39. The SMILES string of the molecule is CN(c1cccc(-c2ccccc2)c1)c1cc2c(cc1F)-c1ccccc1C2(C)C. The lowest BCUT2D eigenvalue weighted by Crippen LogP contribution is -2.17. The average Bonchev–Trinajstić information content (AvgIpc) is 3.00. The lowest BCUT2D eigenvalue weighted by atomic mass is 9.82. The van der Waals surface area contributed by atoms with E-state index in [-0.39, 0.29) is 11.2 Å². The van der Waals surface area contributed by atoms with Crippen molar-refractivity contribution >= 4 is 11.4 Å². The molecule has 0 N–H and O–H groups in total.